The van der Waals surface area contributed by atoms with Gasteiger partial charge in [0.05, 0.1) is 17.8 Å². The Morgan fingerprint density at radius 1 is 0.816 bits per heavy atom. The number of hydrogen-bond acceptors (Lipinski definition) is 4. The molecule has 38 heavy (non-hydrogen) atoms. The van der Waals surface area contributed by atoms with Crippen LogP contribution in [0.15, 0.2) is 103 Å². The minimum atomic E-state index is -1.07. The molecule has 1 heterocycles. The minimum absolute atomic E-state index is 0.178. The highest BCUT2D eigenvalue weighted by atomic mass is 16.4. The molecule has 4 rings (SSSR count). The van der Waals surface area contributed by atoms with Gasteiger partial charge in [-0.3, -0.25) is 9.88 Å². The van der Waals surface area contributed by atoms with E-state index in [0.29, 0.717) is 12.8 Å². The minimum Gasteiger partial charge on any atom is -0.465 e. The monoisotopic (exact) mass is 509 g/mol. The first-order valence-electron chi connectivity index (χ1n) is 12.9. The number of aromatic nitrogens is 1. The molecular formula is C32H35N3O3. The second kappa shape index (κ2) is 13.0. The molecule has 6 nitrogen and oxygen atoms in total. The summed E-state index contributed by atoms with van der Waals surface area (Å²) in [6.07, 6.45) is -0.764. The zero-order valence-electron chi connectivity index (χ0n) is 21.6. The fraction of sp³-hybridized carbons (Fsp3) is 0.250. The summed E-state index contributed by atoms with van der Waals surface area (Å²) in [5.74, 6) is 0. The van der Waals surface area contributed by atoms with Crippen molar-refractivity contribution in [1.29, 1.82) is 0 Å². The molecule has 1 amide bonds. The number of amides is 1. The number of pyridine rings is 1. The van der Waals surface area contributed by atoms with Crippen LogP contribution in [0.3, 0.4) is 0 Å². The number of hydrogen-bond donors (Lipinski definition) is 3. The van der Waals surface area contributed by atoms with Crippen molar-refractivity contribution in [2.24, 2.45) is 5.73 Å². The van der Waals surface area contributed by atoms with E-state index in [1.807, 2.05) is 110 Å². The number of aliphatic hydroxyl groups is 1. The van der Waals surface area contributed by atoms with Crippen molar-refractivity contribution >= 4 is 6.09 Å². The Balaban J connectivity index is 1.56. The van der Waals surface area contributed by atoms with Gasteiger partial charge in [-0.25, -0.2) is 4.79 Å². The average molecular weight is 510 g/mol. The van der Waals surface area contributed by atoms with Crippen LogP contribution in [0.2, 0.25) is 0 Å². The van der Waals surface area contributed by atoms with Crippen molar-refractivity contribution in [3.63, 3.8) is 0 Å². The standard InChI is InChI=1S/C32H35N3O3/c1-23-9-8-14-29(34-23)27-17-15-25(16-18-27)20-30(35(32(37)38)22-26-12-6-3-7-13-26)31(36)21-28(33)19-24-10-4-2-5-11-24/h2-18,28,30-31,36H,19-22,33H2,1H3,(H,37,38)/t28-,30-,31-/m0/s1. The Labute approximate surface area is 224 Å². The van der Waals surface area contributed by atoms with Crippen LogP contribution in [0.4, 0.5) is 4.79 Å². The smallest absolute Gasteiger partial charge is 0.407 e. The van der Waals surface area contributed by atoms with Gasteiger partial charge in [0, 0.05) is 23.8 Å². The molecule has 0 aliphatic heterocycles. The molecule has 0 aliphatic carbocycles. The first-order chi connectivity index (χ1) is 18.4. The number of aliphatic hydroxyl groups excluding tert-OH is 1. The van der Waals surface area contributed by atoms with Crippen molar-refractivity contribution in [3.8, 4) is 11.3 Å². The van der Waals surface area contributed by atoms with Gasteiger partial charge in [0.15, 0.2) is 0 Å². The van der Waals surface area contributed by atoms with E-state index in [1.165, 1.54) is 4.90 Å². The maximum Gasteiger partial charge on any atom is 0.407 e. The molecule has 6 heteroatoms. The Hall–Kier alpha value is -4.00. The van der Waals surface area contributed by atoms with Crippen LogP contribution in [0.25, 0.3) is 11.3 Å². The van der Waals surface area contributed by atoms with Gasteiger partial charge in [0.25, 0.3) is 0 Å². The van der Waals surface area contributed by atoms with Crippen LogP contribution in [0, 0.1) is 6.92 Å². The number of benzene rings is 3. The molecule has 0 saturated carbocycles. The predicted octanol–water partition coefficient (Wildman–Crippen LogP) is 5.47. The molecule has 4 aromatic rings. The van der Waals surface area contributed by atoms with Crippen LogP contribution in [-0.4, -0.2) is 44.4 Å². The van der Waals surface area contributed by atoms with Gasteiger partial charge in [-0.05, 0) is 55.0 Å². The van der Waals surface area contributed by atoms with Crippen molar-refractivity contribution in [2.45, 2.75) is 50.9 Å². The predicted molar refractivity (Wildman–Crippen MR) is 151 cm³/mol. The van der Waals surface area contributed by atoms with E-state index >= 15 is 0 Å². The zero-order valence-corrected chi connectivity index (χ0v) is 21.6. The molecular weight excluding hydrogens is 474 g/mol. The maximum absolute atomic E-state index is 12.5. The lowest BCUT2D eigenvalue weighted by Crippen LogP contribution is -2.49. The van der Waals surface area contributed by atoms with E-state index in [9.17, 15) is 15.0 Å². The average Bonchev–Trinajstić information content (AvgIpc) is 2.92. The van der Waals surface area contributed by atoms with Gasteiger partial charge in [0.1, 0.15) is 0 Å². The lowest BCUT2D eigenvalue weighted by molar-refractivity contribution is 0.0362. The molecule has 3 aromatic carbocycles. The Morgan fingerprint density at radius 3 is 2.03 bits per heavy atom. The number of rotatable bonds is 11. The van der Waals surface area contributed by atoms with Crippen molar-refractivity contribution < 1.29 is 15.0 Å². The largest absolute Gasteiger partial charge is 0.465 e. The van der Waals surface area contributed by atoms with Crippen molar-refractivity contribution in [3.05, 3.63) is 126 Å². The van der Waals surface area contributed by atoms with Gasteiger partial charge in [-0.2, -0.15) is 0 Å². The molecule has 0 bridgehead atoms. The zero-order chi connectivity index (χ0) is 26.9. The summed E-state index contributed by atoms with van der Waals surface area (Å²) in [5.41, 5.74) is 12.1. The summed E-state index contributed by atoms with van der Waals surface area (Å²) in [5, 5.41) is 21.6. The van der Waals surface area contributed by atoms with Crippen LogP contribution in [0.5, 0.6) is 0 Å². The van der Waals surface area contributed by atoms with Gasteiger partial charge in [-0.15, -0.1) is 0 Å². The SMILES string of the molecule is Cc1cccc(-c2ccc(C[C@@H]([C@@H](O)C[C@@H](N)Cc3ccccc3)N(Cc3ccccc3)C(=O)O)cc2)n1. The van der Waals surface area contributed by atoms with Crippen LogP contribution < -0.4 is 5.73 Å². The molecule has 0 spiro atoms. The van der Waals surface area contributed by atoms with Crippen LogP contribution in [0.1, 0.15) is 28.8 Å². The number of nitrogens with zero attached hydrogens (tertiary/aromatic N) is 2. The third-order valence-electron chi connectivity index (χ3n) is 6.75. The van der Waals surface area contributed by atoms with Crippen molar-refractivity contribution in [1.82, 2.24) is 9.88 Å². The van der Waals surface area contributed by atoms with Gasteiger partial charge < -0.3 is 15.9 Å². The normalized spacial score (nSPS) is 13.4. The summed E-state index contributed by atoms with van der Waals surface area (Å²) < 4.78 is 0. The summed E-state index contributed by atoms with van der Waals surface area (Å²) in [6, 6.07) is 32.2. The summed E-state index contributed by atoms with van der Waals surface area (Å²) >= 11 is 0. The Kier molecular flexibility index (Phi) is 9.25. The molecule has 0 radical (unpaired) electrons. The van der Waals surface area contributed by atoms with Gasteiger partial charge in [0.2, 0.25) is 0 Å². The lowest BCUT2D eigenvalue weighted by Gasteiger charge is -2.34. The van der Waals surface area contributed by atoms with Gasteiger partial charge in [-0.1, -0.05) is 91.0 Å². The molecule has 0 aliphatic rings. The first kappa shape index (κ1) is 27.0. The van der Waals surface area contributed by atoms with Crippen LogP contribution in [-0.2, 0) is 19.4 Å². The van der Waals surface area contributed by atoms with E-state index in [2.05, 4.69) is 4.98 Å². The van der Waals surface area contributed by atoms with E-state index in [-0.39, 0.29) is 19.0 Å². The molecule has 3 atom stereocenters. The van der Waals surface area contributed by atoms with Crippen LogP contribution >= 0.6 is 0 Å². The molecule has 196 valence electrons. The van der Waals surface area contributed by atoms with E-state index < -0.39 is 18.2 Å². The summed E-state index contributed by atoms with van der Waals surface area (Å²) in [7, 11) is 0. The molecule has 4 N–H and O–H groups in total. The number of carbonyl (C=O) groups is 1. The second-order valence-electron chi connectivity index (χ2n) is 9.78. The summed E-state index contributed by atoms with van der Waals surface area (Å²) in [4.78, 5) is 18.4. The fourth-order valence-corrected chi connectivity index (χ4v) is 4.79. The second-order valence-corrected chi connectivity index (χ2v) is 9.78. The van der Waals surface area contributed by atoms with Gasteiger partial charge >= 0.3 is 6.09 Å². The van der Waals surface area contributed by atoms with Crippen molar-refractivity contribution in [2.75, 3.05) is 0 Å². The lowest BCUT2D eigenvalue weighted by atomic mass is 9.92. The third-order valence-corrected chi connectivity index (χ3v) is 6.75. The first-order valence-corrected chi connectivity index (χ1v) is 12.9. The number of nitrogens with two attached hydrogens (primary N) is 1. The molecule has 0 unspecified atom stereocenters. The maximum atomic E-state index is 12.5. The quantitative estimate of drug-likeness (QED) is 0.249. The molecule has 0 saturated heterocycles. The highest BCUT2D eigenvalue weighted by Gasteiger charge is 2.31. The highest BCUT2D eigenvalue weighted by Crippen LogP contribution is 2.23. The highest BCUT2D eigenvalue weighted by molar-refractivity contribution is 5.66. The topological polar surface area (TPSA) is 99.7 Å². The number of carboxylic acid groups (broad SMARTS) is 1. The Bertz CT molecular complexity index is 1300. The van der Waals surface area contributed by atoms with E-state index in [0.717, 1.165) is 33.6 Å². The van der Waals surface area contributed by atoms with E-state index in [4.69, 9.17) is 5.73 Å². The fourth-order valence-electron chi connectivity index (χ4n) is 4.79. The Morgan fingerprint density at radius 2 is 1.42 bits per heavy atom. The number of aryl methyl sites for hydroxylation is 1. The third kappa shape index (κ3) is 7.51. The van der Waals surface area contributed by atoms with E-state index in [1.54, 1.807) is 0 Å². The molecule has 0 fully saturated rings. The summed E-state index contributed by atoms with van der Waals surface area (Å²) in [6.45, 7) is 2.14. The molecule has 1 aromatic heterocycles.